The molecule has 2 fully saturated rings. The predicted octanol–water partition coefficient (Wildman–Crippen LogP) is 2.49. The number of carbonyl (C=O) groups is 1. The summed E-state index contributed by atoms with van der Waals surface area (Å²) in [7, 11) is -1.50. The van der Waals surface area contributed by atoms with E-state index in [0.717, 1.165) is 18.5 Å². The van der Waals surface area contributed by atoms with E-state index in [4.69, 9.17) is 4.74 Å². The third-order valence-corrected chi connectivity index (χ3v) is 7.59. The van der Waals surface area contributed by atoms with Gasteiger partial charge >= 0.3 is 0 Å². The lowest BCUT2D eigenvalue weighted by Gasteiger charge is -2.26. The lowest BCUT2D eigenvalue weighted by Crippen LogP contribution is -2.38. The topological polar surface area (TPSA) is 76.0 Å². The van der Waals surface area contributed by atoms with Gasteiger partial charge in [-0.15, -0.1) is 0 Å². The van der Waals surface area contributed by atoms with Gasteiger partial charge in [0.2, 0.25) is 5.91 Å². The second kappa shape index (κ2) is 7.37. The van der Waals surface area contributed by atoms with Crippen molar-refractivity contribution in [2.24, 2.45) is 4.99 Å². The molecule has 0 N–H and O–H groups in total. The molecule has 3 rings (SSSR count). The van der Waals surface area contributed by atoms with Crippen LogP contribution < -0.4 is 9.64 Å². The Morgan fingerprint density at radius 1 is 1.36 bits per heavy atom. The van der Waals surface area contributed by atoms with Crippen LogP contribution in [0.1, 0.15) is 26.2 Å². The first kappa shape index (κ1) is 18.3. The van der Waals surface area contributed by atoms with Gasteiger partial charge in [-0.1, -0.05) is 37.2 Å². The third-order valence-electron chi connectivity index (χ3n) is 4.38. The Balaban J connectivity index is 1.98. The number of anilines is 1. The van der Waals surface area contributed by atoms with Crippen LogP contribution in [0.25, 0.3) is 0 Å². The van der Waals surface area contributed by atoms with E-state index in [0.29, 0.717) is 17.3 Å². The molecule has 6 nitrogen and oxygen atoms in total. The number of amidine groups is 1. The van der Waals surface area contributed by atoms with Crippen molar-refractivity contribution in [3.63, 3.8) is 0 Å². The zero-order chi connectivity index (χ0) is 18.0. The Morgan fingerprint density at radius 2 is 2.12 bits per heavy atom. The minimum Gasteiger partial charge on any atom is -0.495 e. The number of methoxy groups -OCH3 is 1. The van der Waals surface area contributed by atoms with Crippen molar-refractivity contribution < 1.29 is 17.9 Å². The highest BCUT2D eigenvalue weighted by Crippen LogP contribution is 2.43. The molecule has 0 aliphatic carbocycles. The first-order chi connectivity index (χ1) is 11.9. The minimum atomic E-state index is -3.08. The number of hydrogen-bond acceptors (Lipinski definition) is 5. The number of hydrogen-bond donors (Lipinski definition) is 0. The van der Waals surface area contributed by atoms with E-state index in [1.807, 2.05) is 36.1 Å². The summed E-state index contributed by atoms with van der Waals surface area (Å²) in [4.78, 5) is 18.3. The fourth-order valence-electron chi connectivity index (χ4n) is 3.17. The van der Waals surface area contributed by atoms with E-state index in [1.54, 1.807) is 7.11 Å². The number of benzene rings is 1. The van der Waals surface area contributed by atoms with Crippen molar-refractivity contribution in [3.8, 4) is 5.75 Å². The number of para-hydroxylation sites is 2. The number of nitrogens with zero attached hydrogens (tertiary/aromatic N) is 2. The van der Waals surface area contributed by atoms with E-state index < -0.39 is 9.84 Å². The molecule has 0 bridgehead atoms. The number of ether oxygens (including phenoxy) is 1. The molecule has 1 aromatic carbocycles. The Morgan fingerprint density at radius 3 is 2.84 bits per heavy atom. The van der Waals surface area contributed by atoms with Gasteiger partial charge in [0.05, 0.1) is 30.3 Å². The van der Waals surface area contributed by atoms with Crippen molar-refractivity contribution in [2.45, 2.75) is 37.5 Å². The van der Waals surface area contributed by atoms with Gasteiger partial charge in [-0.05, 0) is 18.6 Å². The number of rotatable bonds is 5. The molecule has 136 valence electrons. The number of thioether (sulfide) groups is 1. The molecular weight excluding hydrogens is 360 g/mol. The van der Waals surface area contributed by atoms with Gasteiger partial charge in [0.15, 0.2) is 15.0 Å². The SMILES string of the molecule is CCCCC(=O)N=C1SC2CS(=O)(=O)CC2N1c1ccccc1OC. The second-order valence-corrected chi connectivity index (χ2v) is 9.59. The molecule has 0 saturated carbocycles. The van der Waals surface area contributed by atoms with Crippen LogP contribution in [0.15, 0.2) is 29.3 Å². The molecule has 2 unspecified atom stereocenters. The molecule has 2 aliphatic heterocycles. The number of sulfone groups is 1. The summed E-state index contributed by atoms with van der Waals surface area (Å²) in [6.07, 6.45) is 2.15. The number of carbonyl (C=O) groups excluding carboxylic acids is 1. The van der Waals surface area contributed by atoms with Gasteiger partial charge in [0.25, 0.3) is 0 Å². The van der Waals surface area contributed by atoms with Crippen LogP contribution in [0.2, 0.25) is 0 Å². The number of amides is 1. The summed E-state index contributed by atoms with van der Waals surface area (Å²) in [6, 6.07) is 7.21. The average molecular weight is 383 g/mol. The summed E-state index contributed by atoms with van der Waals surface area (Å²) in [5.41, 5.74) is 0.754. The zero-order valence-electron chi connectivity index (χ0n) is 14.3. The Kier molecular flexibility index (Phi) is 5.38. The Labute approximate surface area is 152 Å². The van der Waals surface area contributed by atoms with Crippen molar-refractivity contribution in [2.75, 3.05) is 23.5 Å². The summed E-state index contributed by atoms with van der Waals surface area (Å²) in [5, 5.41) is 0.475. The monoisotopic (exact) mass is 382 g/mol. The molecule has 0 spiro atoms. The van der Waals surface area contributed by atoms with Gasteiger partial charge in [-0.2, -0.15) is 4.99 Å². The van der Waals surface area contributed by atoms with Crippen LogP contribution in [0, 0.1) is 0 Å². The van der Waals surface area contributed by atoms with E-state index in [1.165, 1.54) is 11.8 Å². The van der Waals surface area contributed by atoms with Crippen LogP contribution in [-0.4, -0.2) is 49.4 Å². The van der Waals surface area contributed by atoms with E-state index in [2.05, 4.69) is 4.99 Å². The van der Waals surface area contributed by atoms with Gasteiger partial charge in [0.1, 0.15) is 5.75 Å². The maximum Gasteiger partial charge on any atom is 0.248 e. The first-order valence-electron chi connectivity index (χ1n) is 8.36. The fraction of sp³-hybridized carbons (Fsp3) is 0.529. The van der Waals surface area contributed by atoms with Crippen LogP contribution in [0.4, 0.5) is 5.69 Å². The summed E-state index contributed by atoms with van der Waals surface area (Å²) in [6.45, 7) is 2.03. The van der Waals surface area contributed by atoms with Crippen LogP contribution in [0.3, 0.4) is 0 Å². The molecule has 2 saturated heterocycles. The van der Waals surface area contributed by atoms with E-state index in [9.17, 15) is 13.2 Å². The highest BCUT2D eigenvalue weighted by molar-refractivity contribution is 8.16. The van der Waals surface area contributed by atoms with Gasteiger partial charge in [0, 0.05) is 11.7 Å². The van der Waals surface area contributed by atoms with Gasteiger partial charge in [-0.3, -0.25) is 4.79 Å². The summed E-state index contributed by atoms with van der Waals surface area (Å²) in [5.74, 6) is 0.676. The second-order valence-electron chi connectivity index (χ2n) is 6.23. The molecule has 1 aromatic rings. The molecule has 2 aliphatic rings. The van der Waals surface area contributed by atoms with Crippen LogP contribution in [0.5, 0.6) is 5.75 Å². The smallest absolute Gasteiger partial charge is 0.248 e. The molecule has 25 heavy (non-hydrogen) atoms. The first-order valence-corrected chi connectivity index (χ1v) is 11.1. The molecular formula is C17H22N2O4S2. The largest absolute Gasteiger partial charge is 0.495 e. The number of fused-ring (bicyclic) bond motifs is 1. The lowest BCUT2D eigenvalue weighted by molar-refractivity contribution is -0.117. The average Bonchev–Trinajstić information content (AvgIpc) is 3.03. The lowest BCUT2D eigenvalue weighted by atomic mass is 10.2. The zero-order valence-corrected chi connectivity index (χ0v) is 16.0. The third kappa shape index (κ3) is 3.84. The van der Waals surface area contributed by atoms with Gasteiger partial charge < -0.3 is 9.64 Å². The highest BCUT2D eigenvalue weighted by atomic mass is 32.2. The quantitative estimate of drug-likeness (QED) is 0.779. The maximum atomic E-state index is 12.2. The highest BCUT2D eigenvalue weighted by Gasteiger charge is 2.49. The maximum absolute atomic E-state index is 12.2. The molecule has 2 atom stereocenters. The van der Waals surface area contributed by atoms with Gasteiger partial charge in [-0.25, -0.2) is 8.42 Å². The summed E-state index contributed by atoms with van der Waals surface area (Å²) >= 11 is 1.39. The normalized spacial score (nSPS) is 26.0. The van der Waals surface area contributed by atoms with Crippen LogP contribution >= 0.6 is 11.8 Å². The summed E-state index contributed by atoms with van der Waals surface area (Å²) < 4.78 is 29.6. The molecule has 2 heterocycles. The number of aliphatic imine (C=N–C) groups is 1. The van der Waals surface area contributed by atoms with E-state index in [-0.39, 0.29) is 28.7 Å². The standard InChI is InChI=1S/C17H22N2O4S2/c1-3-4-9-16(20)18-17-19(12-7-5-6-8-14(12)23-2)13-10-25(21,22)11-15(13)24-17/h5-8,13,15H,3-4,9-11H2,1-2H3. The van der Waals surface area contributed by atoms with E-state index >= 15 is 0 Å². The van der Waals surface area contributed by atoms with Crippen molar-refractivity contribution in [1.29, 1.82) is 0 Å². The van der Waals surface area contributed by atoms with Crippen molar-refractivity contribution >= 4 is 38.4 Å². The molecule has 1 amide bonds. The van der Waals surface area contributed by atoms with Crippen molar-refractivity contribution in [1.82, 2.24) is 0 Å². The van der Waals surface area contributed by atoms with Crippen LogP contribution in [-0.2, 0) is 14.6 Å². The molecule has 0 aromatic heterocycles. The molecule has 0 radical (unpaired) electrons. The minimum absolute atomic E-state index is 0.0743. The molecule has 8 heteroatoms. The predicted molar refractivity (Wildman–Crippen MR) is 101 cm³/mol. The Hall–Kier alpha value is -1.54. The fourth-order valence-corrected chi connectivity index (χ4v) is 7.09. The Bertz CT molecular complexity index is 792. The number of unbranched alkanes of at least 4 members (excludes halogenated alkanes) is 1. The van der Waals surface area contributed by atoms with Crippen molar-refractivity contribution in [3.05, 3.63) is 24.3 Å².